The minimum atomic E-state index is -0.0934. The fourth-order valence-electron chi connectivity index (χ4n) is 4.59. The van der Waals surface area contributed by atoms with E-state index in [-0.39, 0.29) is 5.78 Å². The fraction of sp³-hybridized carbons (Fsp3) is 0.346. The van der Waals surface area contributed by atoms with E-state index in [1.165, 1.54) is 0 Å². The average Bonchev–Trinajstić information content (AvgIpc) is 3.30. The average molecular weight is 433 g/mol. The van der Waals surface area contributed by atoms with Crippen molar-refractivity contribution >= 4 is 22.8 Å². The predicted octanol–water partition coefficient (Wildman–Crippen LogP) is 5.09. The van der Waals surface area contributed by atoms with Gasteiger partial charge in [-0.25, -0.2) is 0 Å². The van der Waals surface area contributed by atoms with Crippen LogP contribution >= 0.6 is 0 Å². The van der Waals surface area contributed by atoms with Gasteiger partial charge in [0.05, 0.1) is 18.2 Å². The Hall–Kier alpha value is -3.25. The third kappa shape index (κ3) is 3.45. The van der Waals surface area contributed by atoms with Crippen LogP contribution in [0, 0.1) is 5.92 Å². The van der Waals surface area contributed by atoms with Crippen LogP contribution in [0.3, 0.4) is 0 Å². The van der Waals surface area contributed by atoms with Gasteiger partial charge in [-0.2, -0.15) is 0 Å². The molecule has 2 aliphatic heterocycles. The van der Waals surface area contributed by atoms with Crippen LogP contribution in [-0.2, 0) is 13.1 Å². The number of carbonyl (C=O) groups is 1. The molecule has 6 nitrogen and oxygen atoms in total. The first-order valence-electron chi connectivity index (χ1n) is 11.1. The first-order chi connectivity index (χ1) is 15.5. The molecule has 0 N–H and O–H groups in total. The maximum Gasteiger partial charge on any atom is 0.231 e. The molecule has 0 unspecified atom stereocenters. The van der Waals surface area contributed by atoms with E-state index in [0.717, 1.165) is 46.6 Å². The molecular formula is C26H28N2O4. The molecule has 3 aromatic rings. The second-order valence-electron chi connectivity index (χ2n) is 8.79. The zero-order valence-corrected chi connectivity index (χ0v) is 19.0. The van der Waals surface area contributed by atoms with Crippen LogP contribution in [-0.4, -0.2) is 35.6 Å². The molecular weight excluding hydrogens is 404 g/mol. The SMILES string of the molecule is CCn1cc(/C=C2\Oc3c(ccc4c3CN(CC(C)C)CO4)C2=O)c2cc(OC)ccc21. The van der Waals surface area contributed by atoms with Gasteiger partial charge < -0.3 is 18.8 Å². The van der Waals surface area contributed by atoms with E-state index in [2.05, 4.69) is 36.4 Å². The third-order valence-electron chi connectivity index (χ3n) is 6.05. The van der Waals surface area contributed by atoms with Gasteiger partial charge in [0.25, 0.3) is 0 Å². The summed E-state index contributed by atoms with van der Waals surface area (Å²) in [5.74, 6) is 2.98. The summed E-state index contributed by atoms with van der Waals surface area (Å²) in [6, 6.07) is 9.70. The van der Waals surface area contributed by atoms with E-state index in [9.17, 15) is 4.79 Å². The molecule has 0 saturated carbocycles. The third-order valence-corrected chi connectivity index (χ3v) is 6.05. The van der Waals surface area contributed by atoms with Crippen LogP contribution in [0.2, 0.25) is 0 Å². The number of nitrogens with zero attached hydrogens (tertiary/aromatic N) is 2. The van der Waals surface area contributed by atoms with Crippen molar-refractivity contribution in [2.75, 3.05) is 20.4 Å². The number of Topliss-reactive ketones (excluding diaryl/α,β-unsaturated/α-hetero) is 1. The van der Waals surface area contributed by atoms with Gasteiger partial charge in [-0.15, -0.1) is 0 Å². The number of ketones is 1. The van der Waals surface area contributed by atoms with E-state index in [1.54, 1.807) is 7.11 Å². The second kappa shape index (κ2) is 8.02. The van der Waals surface area contributed by atoms with E-state index in [1.807, 2.05) is 36.4 Å². The van der Waals surface area contributed by atoms with Crippen molar-refractivity contribution in [2.24, 2.45) is 5.92 Å². The van der Waals surface area contributed by atoms with Gasteiger partial charge in [0.1, 0.15) is 24.0 Å². The lowest BCUT2D eigenvalue weighted by Gasteiger charge is -2.30. The molecule has 0 bridgehead atoms. The number of aromatic nitrogens is 1. The first-order valence-corrected chi connectivity index (χ1v) is 11.1. The lowest BCUT2D eigenvalue weighted by Crippen LogP contribution is -2.34. The van der Waals surface area contributed by atoms with E-state index in [0.29, 0.717) is 36.3 Å². The number of hydrogen-bond donors (Lipinski definition) is 0. The normalized spacial score (nSPS) is 16.9. The number of allylic oxidation sites excluding steroid dienone is 1. The number of ether oxygens (including phenoxy) is 3. The van der Waals surface area contributed by atoms with E-state index >= 15 is 0 Å². The minimum absolute atomic E-state index is 0.0934. The van der Waals surface area contributed by atoms with Crippen LogP contribution in [0.25, 0.3) is 17.0 Å². The van der Waals surface area contributed by atoms with Crippen molar-refractivity contribution in [1.82, 2.24) is 9.47 Å². The highest BCUT2D eigenvalue weighted by Crippen LogP contribution is 2.42. The van der Waals surface area contributed by atoms with Crippen molar-refractivity contribution in [3.05, 3.63) is 59.0 Å². The number of aryl methyl sites for hydroxylation is 1. The highest BCUT2D eigenvalue weighted by molar-refractivity contribution is 6.15. The Morgan fingerprint density at radius 3 is 2.81 bits per heavy atom. The standard InChI is InChI=1S/C26H28N2O4/c1-5-28-13-17(20-11-18(30-4)6-8-22(20)28)10-24-25(29)19-7-9-23-21(26(19)32-24)14-27(15-31-23)12-16(2)3/h6-11,13,16H,5,12,14-15H2,1-4H3/b24-10-. The smallest absolute Gasteiger partial charge is 0.231 e. The zero-order chi connectivity index (χ0) is 22.4. The molecule has 0 aliphatic carbocycles. The Morgan fingerprint density at radius 1 is 1.22 bits per heavy atom. The summed E-state index contributed by atoms with van der Waals surface area (Å²) >= 11 is 0. The fourth-order valence-corrected chi connectivity index (χ4v) is 4.59. The van der Waals surface area contributed by atoms with Crippen LogP contribution in [0.1, 0.15) is 42.3 Å². The van der Waals surface area contributed by atoms with E-state index in [4.69, 9.17) is 14.2 Å². The van der Waals surface area contributed by atoms with Crippen LogP contribution < -0.4 is 14.2 Å². The predicted molar refractivity (Wildman–Crippen MR) is 124 cm³/mol. The largest absolute Gasteiger partial charge is 0.497 e. The Kier molecular flexibility index (Phi) is 5.18. The molecule has 0 spiro atoms. The lowest BCUT2D eigenvalue weighted by molar-refractivity contribution is 0.0832. The van der Waals surface area contributed by atoms with Gasteiger partial charge in [0.15, 0.2) is 5.76 Å². The van der Waals surface area contributed by atoms with Crippen LogP contribution in [0.4, 0.5) is 0 Å². The Bertz CT molecular complexity index is 1240. The van der Waals surface area contributed by atoms with Crippen molar-refractivity contribution in [2.45, 2.75) is 33.9 Å². The number of methoxy groups -OCH3 is 1. The van der Waals surface area contributed by atoms with Crippen molar-refractivity contribution < 1.29 is 19.0 Å². The minimum Gasteiger partial charge on any atom is -0.497 e. The molecule has 1 aromatic heterocycles. The highest BCUT2D eigenvalue weighted by atomic mass is 16.5. The molecule has 5 rings (SSSR count). The molecule has 166 valence electrons. The maximum absolute atomic E-state index is 13.2. The van der Waals surface area contributed by atoms with Crippen LogP contribution in [0.5, 0.6) is 17.2 Å². The Morgan fingerprint density at radius 2 is 2.06 bits per heavy atom. The lowest BCUT2D eigenvalue weighted by atomic mass is 10.0. The molecule has 0 radical (unpaired) electrons. The number of fused-ring (bicyclic) bond motifs is 4. The van der Waals surface area contributed by atoms with Crippen molar-refractivity contribution in [3.63, 3.8) is 0 Å². The second-order valence-corrected chi connectivity index (χ2v) is 8.79. The maximum atomic E-state index is 13.2. The molecule has 0 atom stereocenters. The molecule has 6 heteroatoms. The molecule has 32 heavy (non-hydrogen) atoms. The van der Waals surface area contributed by atoms with Crippen molar-refractivity contribution in [3.8, 4) is 17.2 Å². The summed E-state index contributed by atoms with van der Waals surface area (Å²) < 4.78 is 19.7. The summed E-state index contributed by atoms with van der Waals surface area (Å²) in [4.78, 5) is 15.4. The van der Waals surface area contributed by atoms with Crippen molar-refractivity contribution in [1.29, 1.82) is 0 Å². The molecule has 0 saturated heterocycles. The Labute approximate surface area is 188 Å². The summed E-state index contributed by atoms with van der Waals surface area (Å²) in [7, 11) is 1.66. The van der Waals surface area contributed by atoms with Gasteiger partial charge in [0, 0.05) is 42.3 Å². The molecule has 2 aromatic carbocycles. The van der Waals surface area contributed by atoms with Crippen LogP contribution in [0.15, 0.2) is 42.3 Å². The number of rotatable bonds is 5. The molecule has 0 fully saturated rings. The van der Waals surface area contributed by atoms with E-state index < -0.39 is 0 Å². The topological polar surface area (TPSA) is 52.9 Å². The summed E-state index contributed by atoms with van der Waals surface area (Å²) in [5.41, 5.74) is 3.58. The number of benzene rings is 2. The summed E-state index contributed by atoms with van der Waals surface area (Å²) in [6.45, 7) is 9.50. The molecule has 0 amide bonds. The van der Waals surface area contributed by atoms with Gasteiger partial charge in [-0.1, -0.05) is 13.8 Å². The monoisotopic (exact) mass is 432 g/mol. The van der Waals surface area contributed by atoms with Gasteiger partial charge in [-0.3, -0.25) is 9.69 Å². The quantitative estimate of drug-likeness (QED) is 0.526. The summed E-state index contributed by atoms with van der Waals surface area (Å²) in [6.07, 6.45) is 3.90. The number of carbonyl (C=O) groups excluding carboxylic acids is 1. The first kappa shape index (κ1) is 20.6. The van der Waals surface area contributed by atoms with Gasteiger partial charge in [-0.05, 0) is 49.2 Å². The molecule has 3 heterocycles. The van der Waals surface area contributed by atoms with Gasteiger partial charge >= 0.3 is 0 Å². The highest BCUT2D eigenvalue weighted by Gasteiger charge is 2.34. The zero-order valence-electron chi connectivity index (χ0n) is 19.0. The molecule has 2 aliphatic rings. The number of hydrogen-bond acceptors (Lipinski definition) is 5. The van der Waals surface area contributed by atoms with Gasteiger partial charge in [0.2, 0.25) is 5.78 Å². The Balaban J connectivity index is 1.53. The summed E-state index contributed by atoms with van der Waals surface area (Å²) in [5, 5.41) is 1.03.